The summed E-state index contributed by atoms with van der Waals surface area (Å²) in [6.07, 6.45) is 4.78. The van der Waals surface area contributed by atoms with Crippen LogP contribution >= 0.6 is 0 Å². The van der Waals surface area contributed by atoms with Crippen molar-refractivity contribution in [3.05, 3.63) is 0 Å². The van der Waals surface area contributed by atoms with Crippen LogP contribution in [0.5, 0.6) is 0 Å². The molecule has 2 heterocycles. The Kier molecular flexibility index (Phi) is 4.80. The summed E-state index contributed by atoms with van der Waals surface area (Å²) in [5.74, 6) is 0.428. The summed E-state index contributed by atoms with van der Waals surface area (Å²) in [6.45, 7) is 7.32. The first kappa shape index (κ1) is 12.8. The molecule has 0 spiro atoms. The molecule has 0 aliphatic carbocycles. The Morgan fingerprint density at radius 1 is 1.41 bits per heavy atom. The first-order valence-corrected chi connectivity index (χ1v) is 7.00. The Hall–Kier alpha value is -0.610. The average Bonchev–Trinajstić information content (AvgIpc) is 2.90. The summed E-state index contributed by atoms with van der Waals surface area (Å²) >= 11 is 0. The lowest BCUT2D eigenvalue weighted by Crippen LogP contribution is -2.45. The van der Waals surface area contributed by atoms with E-state index in [0.29, 0.717) is 6.04 Å². The first-order chi connectivity index (χ1) is 8.27. The summed E-state index contributed by atoms with van der Waals surface area (Å²) in [6, 6.07) is 0.484. The van der Waals surface area contributed by atoms with Crippen LogP contribution < -0.4 is 10.6 Å². The fourth-order valence-corrected chi connectivity index (χ4v) is 2.78. The van der Waals surface area contributed by atoms with Gasteiger partial charge in [-0.3, -0.25) is 9.69 Å². The summed E-state index contributed by atoms with van der Waals surface area (Å²) in [7, 11) is 0. The standard InChI is InChI=1S/C13H25N3O/c1-11(16-7-2-3-8-16)9-15-13(17)12-5-4-6-14-10-12/h11-12,14H,2-10H2,1H3,(H,15,17)/t11?,12-/m1/s1. The van der Waals surface area contributed by atoms with Crippen LogP contribution in [0.1, 0.15) is 32.6 Å². The number of piperidine rings is 1. The molecule has 2 aliphatic rings. The zero-order chi connectivity index (χ0) is 12.1. The molecule has 4 nitrogen and oxygen atoms in total. The highest BCUT2D eigenvalue weighted by Gasteiger charge is 2.22. The molecular weight excluding hydrogens is 214 g/mol. The molecule has 1 unspecified atom stereocenters. The van der Waals surface area contributed by atoms with E-state index < -0.39 is 0 Å². The van der Waals surface area contributed by atoms with Gasteiger partial charge in [0, 0.05) is 19.1 Å². The molecule has 0 aromatic rings. The number of nitrogens with one attached hydrogen (secondary N) is 2. The lowest BCUT2D eigenvalue weighted by atomic mass is 9.99. The van der Waals surface area contributed by atoms with E-state index in [1.807, 2.05) is 0 Å². The van der Waals surface area contributed by atoms with Crippen molar-refractivity contribution >= 4 is 5.91 Å². The fraction of sp³-hybridized carbons (Fsp3) is 0.923. The van der Waals surface area contributed by atoms with E-state index in [-0.39, 0.29) is 11.8 Å². The van der Waals surface area contributed by atoms with Crippen LogP contribution in [-0.4, -0.2) is 49.6 Å². The first-order valence-electron chi connectivity index (χ1n) is 7.00. The highest BCUT2D eigenvalue weighted by molar-refractivity contribution is 5.79. The van der Waals surface area contributed by atoms with Crippen molar-refractivity contribution in [3.8, 4) is 0 Å². The van der Waals surface area contributed by atoms with Gasteiger partial charge in [-0.15, -0.1) is 0 Å². The molecule has 4 heteroatoms. The third-order valence-corrected chi connectivity index (χ3v) is 4.00. The van der Waals surface area contributed by atoms with Crippen LogP contribution in [0.2, 0.25) is 0 Å². The SMILES string of the molecule is CC(CNC(=O)[C@@H]1CCCNC1)N1CCCC1. The lowest BCUT2D eigenvalue weighted by Gasteiger charge is -2.26. The Morgan fingerprint density at radius 2 is 2.18 bits per heavy atom. The Morgan fingerprint density at radius 3 is 2.82 bits per heavy atom. The Bertz CT molecular complexity index is 245. The molecule has 1 amide bonds. The van der Waals surface area contributed by atoms with Crippen molar-refractivity contribution in [2.24, 2.45) is 5.92 Å². The number of carbonyl (C=O) groups excluding carboxylic acids is 1. The van der Waals surface area contributed by atoms with Crippen molar-refractivity contribution in [1.29, 1.82) is 0 Å². The largest absolute Gasteiger partial charge is 0.354 e. The van der Waals surface area contributed by atoms with Crippen LogP contribution in [0.25, 0.3) is 0 Å². The molecule has 98 valence electrons. The normalized spacial score (nSPS) is 27.9. The maximum Gasteiger partial charge on any atom is 0.224 e. The monoisotopic (exact) mass is 239 g/mol. The number of amides is 1. The van der Waals surface area contributed by atoms with E-state index in [4.69, 9.17) is 0 Å². The maximum atomic E-state index is 11.9. The van der Waals surface area contributed by atoms with Gasteiger partial charge in [0.15, 0.2) is 0 Å². The second-order valence-corrected chi connectivity index (χ2v) is 5.38. The predicted molar refractivity (Wildman–Crippen MR) is 68.9 cm³/mol. The van der Waals surface area contributed by atoms with Crippen LogP contribution in [0.3, 0.4) is 0 Å². The maximum absolute atomic E-state index is 11.9. The topological polar surface area (TPSA) is 44.4 Å². The Balaban J connectivity index is 1.67. The molecule has 2 saturated heterocycles. The van der Waals surface area contributed by atoms with Gasteiger partial charge in [-0.05, 0) is 52.2 Å². The predicted octanol–water partition coefficient (Wildman–Crippen LogP) is 0.587. The third-order valence-electron chi connectivity index (χ3n) is 4.00. The van der Waals surface area contributed by atoms with Gasteiger partial charge in [0.1, 0.15) is 0 Å². The smallest absolute Gasteiger partial charge is 0.224 e. The second-order valence-electron chi connectivity index (χ2n) is 5.38. The summed E-state index contributed by atoms with van der Waals surface area (Å²) in [5.41, 5.74) is 0. The van der Waals surface area contributed by atoms with E-state index in [0.717, 1.165) is 32.5 Å². The highest BCUT2D eigenvalue weighted by Crippen LogP contribution is 2.12. The molecule has 0 aromatic carbocycles. The number of carbonyl (C=O) groups is 1. The van der Waals surface area contributed by atoms with Gasteiger partial charge in [0.2, 0.25) is 5.91 Å². The van der Waals surface area contributed by atoms with E-state index in [1.165, 1.54) is 25.9 Å². The molecule has 0 aromatic heterocycles. The highest BCUT2D eigenvalue weighted by atomic mass is 16.1. The molecule has 2 atom stereocenters. The van der Waals surface area contributed by atoms with Gasteiger partial charge in [-0.1, -0.05) is 0 Å². The van der Waals surface area contributed by atoms with Crippen molar-refractivity contribution in [3.63, 3.8) is 0 Å². The number of likely N-dealkylation sites (tertiary alicyclic amines) is 1. The molecule has 17 heavy (non-hydrogen) atoms. The van der Waals surface area contributed by atoms with Gasteiger partial charge in [0.25, 0.3) is 0 Å². The van der Waals surface area contributed by atoms with Crippen molar-refractivity contribution < 1.29 is 4.79 Å². The van der Waals surface area contributed by atoms with Crippen molar-refractivity contribution in [2.45, 2.75) is 38.6 Å². The van der Waals surface area contributed by atoms with E-state index in [1.54, 1.807) is 0 Å². The molecule has 2 rings (SSSR count). The minimum atomic E-state index is 0.189. The number of hydrogen-bond donors (Lipinski definition) is 2. The van der Waals surface area contributed by atoms with Crippen molar-refractivity contribution in [2.75, 3.05) is 32.7 Å². The molecule has 2 fully saturated rings. The van der Waals surface area contributed by atoms with Crippen molar-refractivity contribution in [1.82, 2.24) is 15.5 Å². The molecule has 2 aliphatic heterocycles. The minimum absolute atomic E-state index is 0.189. The van der Waals surface area contributed by atoms with Gasteiger partial charge >= 0.3 is 0 Å². The quantitative estimate of drug-likeness (QED) is 0.754. The van der Waals surface area contributed by atoms with Gasteiger partial charge in [0.05, 0.1) is 5.92 Å². The third kappa shape index (κ3) is 3.68. The number of nitrogens with zero attached hydrogens (tertiary/aromatic N) is 1. The minimum Gasteiger partial charge on any atom is -0.354 e. The second kappa shape index (κ2) is 6.36. The molecule has 2 N–H and O–H groups in total. The molecule has 0 saturated carbocycles. The zero-order valence-corrected chi connectivity index (χ0v) is 10.9. The lowest BCUT2D eigenvalue weighted by molar-refractivity contribution is -0.125. The summed E-state index contributed by atoms with van der Waals surface area (Å²) in [4.78, 5) is 14.4. The van der Waals surface area contributed by atoms with Crippen LogP contribution in [-0.2, 0) is 4.79 Å². The average molecular weight is 239 g/mol. The van der Waals surface area contributed by atoms with E-state index in [9.17, 15) is 4.79 Å². The van der Waals surface area contributed by atoms with E-state index >= 15 is 0 Å². The summed E-state index contributed by atoms with van der Waals surface area (Å²) in [5, 5.41) is 6.40. The fourth-order valence-electron chi connectivity index (χ4n) is 2.78. The van der Waals surface area contributed by atoms with Crippen LogP contribution in [0, 0.1) is 5.92 Å². The van der Waals surface area contributed by atoms with Gasteiger partial charge in [-0.2, -0.15) is 0 Å². The number of rotatable bonds is 4. The zero-order valence-electron chi connectivity index (χ0n) is 10.9. The molecule has 0 radical (unpaired) electrons. The van der Waals surface area contributed by atoms with Crippen LogP contribution in [0.4, 0.5) is 0 Å². The summed E-state index contributed by atoms with van der Waals surface area (Å²) < 4.78 is 0. The Labute approximate surface area is 104 Å². The molecular formula is C13H25N3O. The number of hydrogen-bond acceptors (Lipinski definition) is 3. The van der Waals surface area contributed by atoms with Crippen LogP contribution in [0.15, 0.2) is 0 Å². The molecule has 0 bridgehead atoms. The van der Waals surface area contributed by atoms with Gasteiger partial charge in [-0.25, -0.2) is 0 Å². The van der Waals surface area contributed by atoms with E-state index in [2.05, 4.69) is 22.5 Å². The van der Waals surface area contributed by atoms with Gasteiger partial charge < -0.3 is 10.6 Å².